The first-order chi connectivity index (χ1) is 13.9. The molecule has 0 bridgehead atoms. The number of pyridine rings is 1. The minimum atomic E-state index is -0.339. The first-order valence-electron chi connectivity index (χ1n) is 9.02. The lowest BCUT2D eigenvalue weighted by Crippen LogP contribution is -2.20. The molecule has 29 heavy (non-hydrogen) atoms. The van der Waals surface area contributed by atoms with Crippen molar-refractivity contribution >= 4 is 40.6 Å². The standard InChI is InChI=1S/C22H21ClN4O2/c1-13-7-4-5-10-18(13)26-20-19(11-15(12-25-20)21(28)24-3)27-22(29)16-8-6-9-17(23)14(16)2/h4-12H,1-3H3,(H,24,28)(H,25,26)(H,27,29). The highest BCUT2D eigenvalue weighted by Crippen LogP contribution is 2.27. The number of hydrogen-bond donors (Lipinski definition) is 3. The number of aryl methyl sites for hydroxylation is 1. The maximum absolute atomic E-state index is 12.9. The number of para-hydroxylation sites is 1. The first-order valence-corrected chi connectivity index (χ1v) is 9.39. The van der Waals surface area contributed by atoms with Crippen molar-refractivity contribution in [2.24, 2.45) is 0 Å². The van der Waals surface area contributed by atoms with Gasteiger partial charge in [0.05, 0.1) is 11.3 Å². The van der Waals surface area contributed by atoms with E-state index in [1.54, 1.807) is 31.2 Å². The van der Waals surface area contributed by atoms with Crippen LogP contribution in [0.4, 0.5) is 17.2 Å². The summed E-state index contributed by atoms with van der Waals surface area (Å²) in [5.74, 6) is -0.206. The van der Waals surface area contributed by atoms with Crippen LogP contribution in [-0.4, -0.2) is 23.8 Å². The molecule has 0 radical (unpaired) electrons. The van der Waals surface area contributed by atoms with E-state index in [2.05, 4.69) is 20.9 Å². The van der Waals surface area contributed by atoms with Crippen LogP contribution >= 0.6 is 11.6 Å². The quantitative estimate of drug-likeness (QED) is 0.571. The van der Waals surface area contributed by atoms with E-state index in [0.717, 1.165) is 11.3 Å². The highest BCUT2D eigenvalue weighted by molar-refractivity contribution is 6.32. The number of nitrogens with one attached hydrogen (secondary N) is 3. The third kappa shape index (κ3) is 4.55. The monoisotopic (exact) mass is 408 g/mol. The van der Waals surface area contributed by atoms with Gasteiger partial charge in [-0.15, -0.1) is 0 Å². The largest absolute Gasteiger partial charge is 0.355 e. The zero-order valence-electron chi connectivity index (χ0n) is 16.3. The number of benzene rings is 2. The summed E-state index contributed by atoms with van der Waals surface area (Å²) in [6.07, 6.45) is 1.46. The summed E-state index contributed by atoms with van der Waals surface area (Å²) < 4.78 is 0. The van der Waals surface area contributed by atoms with Crippen LogP contribution in [0.3, 0.4) is 0 Å². The lowest BCUT2D eigenvalue weighted by molar-refractivity contribution is 0.0961. The highest BCUT2D eigenvalue weighted by Gasteiger charge is 2.16. The molecule has 0 atom stereocenters. The molecule has 2 amide bonds. The first kappa shape index (κ1) is 20.4. The van der Waals surface area contributed by atoms with Gasteiger partial charge < -0.3 is 16.0 Å². The van der Waals surface area contributed by atoms with Crippen LogP contribution in [0.15, 0.2) is 54.7 Å². The Morgan fingerprint density at radius 2 is 1.72 bits per heavy atom. The van der Waals surface area contributed by atoms with E-state index < -0.39 is 0 Å². The van der Waals surface area contributed by atoms with E-state index in [-0.39, 0.29) is 11.8 Å². The minimum absolute atomic E-state index is 0.297. The lowest BCUT2D eigenvalue weighted by atomic mass is 10.1. The van der Waals surface area contributed by atoms with Crippen LogP contribution in [0, 0.1) is 13.8 Å². The predicted octanol–water partition coefficient (Wildman–Crippen LogP) is 4.71. The fraction of sp³-hybridized carbons (Fsp3) is 0.136. The van der Waals surface area contributed by atoms with Crippen molar-refractivity contribution in [3.8, 4) is 0 Å². The van der Waals surface area contributed by atoms with Gasteiger partial charge in [-0.3, -0.25) is 9.59 Å². The molecule has 1 heterocycles. The van der Waals surface area contributed by atoms with E-state index in [1.807, 2.05) is 31.2 Å². The fourth-order valence-corrected chi connectivity index (χ4v) is 2.99. The SMILES string of the molecule is CNC(=O)c1cnc(Nc2ccccc2C)c(NC(=O)c2cccc(Cl)c2C)c1. The summed E-state index contributed by atoms with van der Waals surface area (Å²) in [6, 6.07) is 14.5. The normalized spacial score (nSPS) is 10.3. The summed E-state index contributed by atoms with van der Waals surface area (Å²) in [5.41, 5.74) is 3.72. The van der Waals surface area contributed by atoms with Crippen LogP contribution in [0.25, 0.3) is 0 Å². The van der Waals surface area contributed by atoms with Crippen LogP contribution < -0.4 is 16.0 Å². The van der Waals surface area contributed by atoms with E-state index in [4.69, 9.17) is 11.6 Å². The molecule has 0 aliphatic rings. The Morgan fingerprint density at radius 3 is 2.45 bits per heavy atom. The third-order valence-electron chi connectivity index (χ3n) is 4.54. The topological polar surface area (TPSA) is 83.1 Å². The van der Waals surface area contributed by atoms with Gasteiger partial charge >= 0.3 is 0 Å². The Hall–Kier alpha value is -3.38. The maximum Gasteiger partial charge on any atom is 0.256 e. The fourth-order valence-electron chi connectivity index (χ4n) is 2.81. The van der Waals surface area contributed by atoms with Gasteiger partial charge in [-0.1, -0.05) is 35.9 Å². The molecule has 0 fully saturated rings. The lowest BCUT2D eigenvalue weighted by Gasteiger charge is -2.15. The van der Waals surface area contributed by atoms with E-state index in [1.165, 1.54) is 13.2 Å². The second-order valence-corrected chi connectivity index (χ2v) is 6.91. The number of anilines is 3. The zero-order chi connectivity index (χ0) is 21.0. The molecule has 3 rings (SSSR count). The Balaban J connectivity index is 1.99. The Labute approximate surface area is 174 Å². The van der Waals surface area contributed by atoms with Gasteiger partial charge in [-0.05, 0) is 49.2 Å². The number of halogens is 1. The van der Waals surface area contributed by atoms with Crippen molar-refractivity contribution < 1.29 is 9.59 Å². The van der Waals surface area contributed by atoms with Crippen LogP contribution in [0.1, 0.15) is 31.8 Å². The van der Waals surface area contributed by atoms with E-state index in [9.17, 15) is 9.59 Å². The number of carbonyl (C=O) groups is 2. The molecule has 0 saturated carbocycles. The number of aromatic nitrogens is 1. The molecule has 148 valence electrons. The van der Waals surface area contributed by atoms with E-state index in [0.29, 0.717) is 33.2 Å². The number of amides is 2. The second-order valence-electron chi connectivity index (χ2n) is 6.51. The maximum atomic E-state index is 12.9. The van der Waals surface area contributed by atoms with Gasteiger partial charge in [0.2, 0.25) is 0 Å². The van der Waals surface area contributed by atoms with Gasteiger partial charge in [0.15, 0.2) is 5.82 Å². The molecule has 0 aliphatic carbocycles. The molecule has 0 spiro atoms. The van der Waals surface area contributed by atoms with Gasteiger partial charge in [0, 0.05) is 29.5 Å². The summed E-state index contributed by atoms with van der Waals surface area (Å²) in [7, 11) is 1.54. The highest BCUT2D eigenvalue weighted by atomic mass is 35.5. The number of hydrogen-bond acceptors (Lipinski definition) is 4. The van der Waals surface area contributed by atoms with Gasteiger partial charge in [-0.2, -0.15) is 0 Å². The summed E-state index contributed by atoms with van der Waals surface area (Å²) >= 11 is 6.14. The Bertz CT molecular complexity index is 1080. The number of nitrogens with zero attached hydrogens (tertiary/aromatic N) is 1. The van der Waals surface area contributed by atoms with Crippen molar-refractivity contribution in [2.75, 3.05) is 17.7 Å². The van der Waals surface area contributed by atoms with Crippen LogP contribution in [0.2, 0.25) is 5.02 Å². The van der Waals surface area contributed by atoms with Crippen molar-refractivity contribution in [1.29, 1.82) is 0 Å². The summed E-state index contributed by atoms with van der Waals surface area (Å²) in [6.45, 7) is 3.75. The van der Waals surface area contributed by atoms with Crippen LogP contribution in [0.5, 0.6) is 0 Å². The molecule has 3 N–H and O–H groups in total. The van der Waals surface area contributed by atoms with Crippen LogP contribution in [-0.2, 0) is 0 Å². The molecule has 0 saturated heterocycles. The number of rotatable bonds is 5. The smallest absolute Gasteiger partial charge is 0.256 e. The third-order valence-corrected chi connectivity index (χ3v) is 4.95. The zero-order valence-corrected chi connectivity index (χ0v) is 17.1. The van der Waals surface area contributed by atoms with Crippen molar-refractivity contribution in [2.45, 2.75) is 13.8 Å². The van der Waals surface area contributed by atoms with Gasteiger partial charge in [0.25, 0.3) is 11.8 Å². The molecule has 1 aromatic heterocycles. The molecular weight excluding hydrogens is 388 g/mol. The average Bonchev–Trinajstić information content (AvgIpc) is 2.72. The van der Waals surface area contributed by atoms with Gasteiger partial charge in [0.1, 0.15) is 0 Å². The molecule has 0 aliphatic heterocycles. The molecule has 3 aromatic rings. The minimum Gasteiger partial charge on any atom is -0.355 e. The molecule has 6 nitrogen and oxygen atoms in total. The van der Waals surface area contributed by atoms with Crippen molar-refractivity contribution in [1.82, 2.24) is 10.3 Å². The predicted molar refractivity (Wildman–Crippen MR) is 116 cm³/mol. The number of carbonyl (C=O) groups excluding carboxylic acids is 2. The molecule has 7 heteroatoms. The van der Waals surface area contributed by atoms with Gasteiger partial charge in [-0.25, -0.2) is 4.98 Å². The summed E-state index contributed by atoms with van der Waals surface area (Å²) in [5, 5.41) is 9.14. The molecule has 0 unspecified atom stereocenters. The second kappa shape index (κ2) is 8.75. The Kier molecular flexibility index (Phi) is 6.14. The molecular formula is C22H21ClN4O2. The molecule has 2 aromatic carbocycles. The van der Waals surface area contributed by atoms with Crippen molar-refractivity contribution in [3.63, 3.8) is 0 Å². The summed E-state index contributed by atoms with van der Waals surface area (Å²) in [4.78, 5) is 29.3. The average molecular weight is 409 g/mol. The van der Waals surface area contributed by atoms with E-state index >= 15 is 0 Å². The Morgan fingerprint density at radius 1 is 0.966 bits per heavy atom. The van der Waals surface area contributed by atoms with Crippen molar-refractivity contribution in [3.05, 3.63) is 82.0 Å².